The van der Waals surface area contributed by atoms with Gasteiger partial charge in [0.1, 0.15) is 9.23 Å². The average Bonchev–Trinajstić information content (AvgIpc) is 2.55. The maximum atomic E-state index is 11.9. The predicted octanol–water partition coefficient (Wildman–Crippen LogP) is 3.35. The highest BCUT2D eigenvalue weighted by atomic mass is 35.5. The van der Waals surface area contributed by atoms with Gasteiger partial charge in [-0.25, -0.2) is 13.1 Å². The Morgan fingerprint density at radius 1 is 1.50 bits per heavy atom. The average molecular weight is 323 g/mol. The zero-order chi connectivity index (χ0) is 12.3. The SMILES string of the molecule is CCC(CCl)NS(=O)(=O)c1cc(Cl)sc1Cl. The Hall–Kier alpha value is 0.480. The first-order valence-corrected chi connectivity index (χ1v) is 8.02. The third-order valence-corrected chi connectivity index (χ3v) is 5.56. The molecular formula is C8H10Cl3NO2S2. The lowest BCUT2D eigenvalue weighted by Gasteiger charge is -2.13. The molecule has 8 heteroatoms. The van der Waals surface area contributed by atoms with Crippen LogP contribution in [0.1, 0.15) is 13.3 Å². The predicted molar refractivity (Wildman–Crippen MR) is 69.5 cm³/mol. The maximum absolute atomic E-state index is 11.9. The number of sulfonamides is 1. The molecule has 0 aliphatic rings. The van der Waals surface area contributed by atoms with Gasteiger partial charge in [-0.05, 0) is 12.5 Å². The second kappa shape index (κ2) is 5.89. The Labute approximate surface area is 114 Å². The lowest BCUT2D eigenvalue weighted by Crippen LogP contribution is -2.35. The molecule has 0 bridgehead atoms. The van der Waals surface area contributed by atoms with E-state index in [1.54, 1.807) is 0 Å². The summed E-state index contributed by atoms with van der Waals surface area (Å²) in [5, 5.41) is 0. The molecule has 1 atom stereocenters. The van der Waals surface area contributed by atoms with E-state index < -0.39 is 10.0 Å². The molecule has 0 radical (unpaired) electrons. The maximum Gasteiger partial charge on any atom is 0.243 e. The molecule has 1 aromatic heterocycles. The first kappa shape index (κ1) is 14.5. The lowest BCUT2D eigenvalue weighted by molar-refractivity contribution is 0.558. The van der Waals surface area contributed by atoms with Gasteiger partial charge in [0.15, 0.2) is 0 Å². The van der Waals surface area contributed by atoms with Crippen LogP contribution in [0, 0.1) is 0 Å². The molecule has 1 N–H and O–H groups in total. The van der Waals surface area contributed by atoms with Crippen molar-refractivity contribution < 1.29 is 8.42 Å². The fraction of sp³-hybridized carbons (Fsp3) is 0.500. The van der Waals surface area contributed by atoms with Crippen LogP contribution in [-0.4, -0.2) is 20.3 Å². The highest BCUT2D eigenvalue weighted by molar-refractivity contribution is 7.89. The molecule has 0 saturated heterocycles. The van der Waals surface area contributed by atoms with Gasteiger partial charge in [-0.1, -0.05) is 30.1 Å². The minimum atomic E-state index is -3.63. The van der Waals surface area contributed by atoms with E-state index in [4.69, 9.17) is 34.8 Å². The molecule has 0 amide bonds. The van der Waals surface area contributed by atoms with Crippen LogP contribution in [-0.2, 0) is 10.0 Å². The van der Waals surface area contributed by atoms with Crippen LogP contribution < -0.4 is 4.72 Å². The summed E-state index contributed by atoms with van der Waals surface area (Å²) < 4.78 is 26.7. The van der Waals surface area contributed by atoms with Gasteiger partial charge in [0, 0.05) is 11.9 Å². The third kappa shape index (κ3) is 3.48. The Morgan fingerprint density at radius 2 is 2.12 bits per heavy atom. The van der Waals surface area contributed by atoms with Crippen molar-refractivity contribution in [1.82, 2.24) is 4.72 Å². The Morgan fingerprint density at radius 3 is 2.50 bits per heavy atom. The molecule has 1 unspecified atom stereocenters. The Bertz CT molecular complexity index is 454. The summed E-state index contributed by atoms with van der Waals surface area (Å²) >= 11 is 18.1. The van der Waals surface area contributed by atoms with E-state index in [1.807, 2.05) is 6.92 Å². The van der Waals surface area contributed by atoms with Crippen molar-refractivity contribution in [2.45, 2.75) is 24.3 Å². The number of halogens is 3. The quantitative estimate of drug-likeness (QED) is 0.845. The van der Waals surface area contributed by atoms with Crippen LogP contribution in [0.25, 0.3) is 0 Å². The first-order valence-electron chi connectivity index (χ1n) is 4.43. The molecule has 0 aliphatic heterocycles. The van der Waals surface area contributed by atoms with Crippen molar-refractivity contribution in [2.24, 2.45) is 0 Å². The van der Waals surface area contributed by atoms with Crippen molar-refractivity contribution in [3.05, 3.63) is 14.7 Å². The standard InChI is InChI=1S/C8H10Cl3NO2S2/c1-2-5(4-9)12-16(13,14)6-3-7(10)15-8(6)11/h3,5,12H,2,4H2,1H3. The zero-order valence-corrected chi connectivity index (χ0v) is 12.2. The number of hydrogen-bond donors (Lipinski definition) is 1. The summed E-state index contributed by atoms with van der Waals surface area (Å²) in [6.07, 6.45) is 0.609. The van der Waals surface area contributed by atoms with E-state index in [-0.39, 0.29) is 21.2 Å². The normalized spacial score (nSPS) is 14.0. The summed E-state index contributed by atoms with van der Waals surface area (Å²) in [6, 6.07) is 1.03. The molecule has 3 nitrogen and oxygen atoms in total. The molecule has 0 aliphatic carbocycles. The van der Waals surface area contributed by atoms with Crippen molar-refractivity contribution in [2.75, 3.05) is 5.88 Å². The van der Waals surface area contributed by atoms with Gasteiger partial charge in [-0.15, -0.1) is 22.9 Å². The van der Waals surface area contributed by atoms with E-state index in [2.05, 4.69) is 4.72 Å². The highest BCUT2D eigenvalue weighted by Gasteiger charge is 2.23. The first-order chi connectivity index (χ1) is 7.40. The highest BCUT2D eigenvalue weighted by Crippen LogP contribution is 2.34. The van der Waals surface area contributed by atoms with Gasteiger partial charge in [0.25, 0.3) is 0 Å². The number of thiophene rings is 1. The van der Waals surface area contributed by atoms with Crippen LogP contribution in [0.2, 0.25) is 8.67 Å². The fourth-order valence-electron chi connectivity index (χ4n) is 1.02. The molecule has 1 aromatic rings. The van der Waals surface area contributed by atoms with Crippen molar-refractivity contribution in [3.8, 4) is 0 Å². The van der Waals surface area contributed by atoms with Crippen LogP contribution in [0.4, 0.5) is 0 Å². The molecule has 0 saturated carbocycles. The second-order valence-corrected chi connectivity index (χ2v) is 7.35. The molecule has 1 heterocycles. The molecular weight excluding hydrogens is 313 g/mol. The summed E-state index contributed by atoms with van der Waals surface area (Å²) in [5.74, 6) is 0.214. The van der Waals surface area contributed by atoms with E-state index in [0.29, 0.717) is 10.8 Å². The Kier molecular flexibility index (Phi) is 5.35. The molecule has 92 valence electrons. The zero-order valence-electron chi connectivity index (χ0n) is 8.34. The largest absolute Gasteiger partial charge is 0.243 e. The van der Waals surface area contributed by atoms with Gasteiger partial charge < -0.3 is 0 Å². The third-order valence-electron chi connectivity index (χ3n) is 1.92. The number of hydrogen-bond acceptors (Lipinski definition) is 3. The van der Waals surface area contributed by atoms with E-state index >= 15 is 0 Å². The second-order valence-electron chi connectivity index (χ2n) is 3.07. The molecule has 0 aromatic carbocycles. The molecule has 1 rings (SSSR count). The van der Waals surface area contributed by atoms with Crippen LogP contribution in [0.3, 0.4) is 0 Å². The van der Waals surface area contributed by atoms with E-state index in [1.165, 1.54) is 6.07 Å². The molecule has 0 spiro atoms. The van der Waals surface area contributed by atoms with Gasteiger partial charge in [-0.2, -0.15) is 0 Å². The van der Waals surface area contributed by atoms with Gasteiger partial charge >= 0.3 is 0 Å². The minimum absolute atomic E-state index is 0.00716. The molecule has 0 fully saturated rings. The van der Waals surface area contributed by atoms with Gasteiger partial charge in [0.2, 0.25) is 10.0 Å². The van der Waals surface area contributed by atoms with Gasteiger partial charge in [-0.3, -0.25) is 0 Å². The smallest absolute Gasteiger partial charge is 0.207 e. The summed E-state index contributed by atoms with van der Waals surface area (Å²) in [7, 11) is -3.63. The summed E-state index contributed by atoms with van der Waals surface area (Å²) in [6.45, 7) is 1.85. The van der Waals surface area contributed by atoms with Crippen molar-refractivity contribution >= 4 is 56.2 Å². The van der Waals surface area contributed by atoms with Crippen molar-refractivity contribution in [1.29, 1.82) is 0 Å². The summed E-state index contributed by atoms with van der Waals surface area (Å²) in [5.41, 5.74) is 0. The number of nitrogens with one attached hydrogen (secondary N) is 1. The van der Waals surface area contributed by atoms with E-state index in [9.17, 15) is 8.42 Å². The Balaban J connectivity index is 2.98. The van der Waals surface area contributed by atoms with E-state index in [0.717, 1.165) is 11.3 Å². The van der Waals surface area contributed by atoms with Crippen LogP contribution >= 0.6 is 46.1 Å². The van der Waals surface area contributed by atoms with Crippen molar-refractivity contribution in [3.63, 3.8) is 0 Å². The van der Waals surface area contributed by atoms with Gasteiger partial charge in [0.05, 0.1) is 4.34 Å². The number of alkyl halides is 1. The lowest BCUT2D eigenvalue weighted by atomic mass is 10.3. The topological polar surface area (TPSA) is 46.2 Å². The van der Waals surface area contributed by atoms with Crippen LogP contribution in [0.5, 0.6) is 0 Å². The summed E-state index contributed by atoms with van der Waals surface area (Å²) in [4.78, 5) is 0.00716. The minimum Gasteiger partial charge on any atom is -0.207 e. The van der Waals surface area contributed by atoms with Crippen LogP contribution in [0.15, 0.2) is 11.0 Å². The monoisotopic (exact) mass is 321 g/mol. The number of rotatable bonds is 5. The fourth-order valence-corrected chi connectivity index (χ4v) is 4.87. The molecule has 16 heavy (non-hydrogen) atoms.